The van der Waals surface area contributed by atoms with E-state index in [9.17, 15) is 27.6 Å². The minimum absolute atomic E-state index is 0.0979. The van der Waals surface area contributed by atoms with Crippen LogP contribution in [0.2, 0.25) is 0 Å². The van der Waals surface area contributed by atoms with Crippen molar-refractivity contribution in [3.8, 4) is 0 Å². The van der Waals surface area contributed by atoms with Crippen LogP contribution in [0.4, 0.5) is 13.2 Å². The molecule has 1 unspecified atom stereocenters. The summed E-state index contributed by atoms with van der Waals surface area (Å²) in [5.74, 6) is -0.897. The fourth-order valence-corrected chi connectivity index (χ4v) is 4.75. The normalized spacial score (nSPS) is 17.8. The van der Waals surface area contributed by atoms with Crippen LogP contribution >= 0.6 is 0 Å². The third kappa shape index (κ3) is 5.83. The predicted octanol–water partition coefficient (Wildman–Crippen LogP) is 3.98. The van der Waals surface area contributed by atoms with Gasteiger partial charge in [-0.1, -0.05) is 18.2 Å². The zero-order chi connectivity index (χ0) is 25.0. The highest BCUT2D eigenvalue weighted by Gasteiger charge is 2.37. The lowest BCUT2D eigenvalue weighted by atomic mass is 9.88. The Bertz CT molecular complexity index is 1040. The van der Waals surface area contributed by atoms with Crippen LogP contribution in [0.25, 0.3) is 0 Å². The minimum Gasteiger partial charge on any atom is -0.341 e. The van der Waals surface area contributed by atoms with Crippen LogP contribution in [0.3, 0.4) is 0 Å². The SMILES string of the molecule is O=C(NC(C(=O)N1CCCC1)C1CCN(C(=O)c2ccc(C(F)(F)F)cc2)CC1)c1ccccc1. The molecule has 0 aliphatic carbocycles. The van der Waals surface area contributed by atoms with E-state index in [2.05, 4.69) is 5.32 Å². The maximum absolute atomic E-state index is 13.3. The van der Waals surface area contributed by atoms with Crippen molar-refractivity contribution in [2.75, 3.05) is 26.2 Å². The largest absolute Gasteiger partial charge is 0.416 e. The number of rotatable bonds is 5. The first-order valence-electron chi connectivity index (χ1n) is 11.9. The Kier molecular flexibility index (Phi) is 7.42. The third-order valence-corrected chi connectivity index (χ3v) is 6.76. The number of halogens is 3. The summed E-state index contributed by atoms with van der Waals surface area (Å²) in [5.41, 5.74) is -0.134. The number of hydrogen-bond acceptors (Lipinski definition) is 3. The van der Waals surface area contributed by atoms with Gasteiger partial charge in [0.1, 0.15) is 6.04 Å². The third-order valence-electron chi connectivity index (χ3n) is 6.76. The van der Waals surface area contributed by atoms with Gasteiger partial charge in [-0.25, -0.2) is 0 Å². The summed E-state index contributed by atoms with van der Waals surface area (Å²) < 4.78 is 38.4. The van der Waals surface area contributed by atoms with E-state index in [0.717, 1.165) is 25.0 Å². The monoisotopic (exact) mass is 487 g/mol. The van der Waals surface area contributed by atoms with E-state index < -0.39 is 17.8 Å². The van der Waals surface area contributed by atoms with Crippen molar-refractivity contribution in [2.45, 2.75) is 37.9 Å². The lowest BCUT2D eigenvalue weighted by Gasteiger charge is -2.37. The fraction of sp³-hybridized carbons (Fsp3) is 0.423. The second kappa shape index (κ2) is 10.5. The molecule has 4 rings (SSSR count). The van der Waals surface area contributed by atoms with Crippen LogP contribution < -0.4 is 5.32 Å². The second-order valence-electron chi connectivity index (χ2n) is 9.05. The van der Waals surface area contributed by atoms with Crippen LogP contribution in [-0.4, -0.2) is 59.7 Å². The van der Waals surface area contributed by atoms with E-state index in [0.29, 0.717) is 44.6 Å². The highest BCUT2D eigenvalue weighted by Crippen LogP contribution is 2.30. The maximum atomic E-state index is 13.3. The minimum atomic E-state index is -4.46. The van der Waals surface area contributed by atoms with Crippen molar-refractivity contribution >= 4 is 17.7 Å². The number of benzene rings is 2. The van der Waals surface area contributed by atoms with Crippen LogP contribution in [0.1, 0.15) is 52.0 Å². The average molecular weight is 488 g/mol. The van der Waals surface area contributed by atoms with Crippen LogP contribution in [0.5, 0.6) is 0 Å². The predicted molar refractivity (Wildman–Crippen MR) is 124 cm³/mol. The Hall–Kier alpha value is -3.36. The molecule has 2 aromatic carbocycles. The van der Waals surface area contributed by atoms with Gasteiger partial charge in [0.2, 0.25) is 5.91 Å². The Morgan fingerprint density at radius 1 is 0.800 bits per heavy atom. The highest BCUT2D eigenvalue weighted by atomic mass is 19.4. The molecule has 0 spiro atoms. The molecule has 0 radical (unpaired) electrons. The number of carbonyl (C=O) groups excluding carboxylic acids is 3. The topological polar surface area (TPSA) is 69.7 Å². The van der Waals surface area contributed by atoms with Gasteiger partial charge in [-0.2, -0.15) is 13.2 Å². The molecule has 2 aliphatic rings. The lowest BCUT2D eigenvalue weighted by Crippen LogP contribution is -2.54. The molecule has 2 fully saturated rings. The number of likely N-dealkylation sites (tertiary alicyclic amines) is 2. The van der Waals surface area contributed by atoms with Gasteiger partial charge < -0.3 is 15.1 Å². The molecule has 2 heterocycles. The summed E-state index contributed by atoms with van der Waals surface area (Å²) in [6.45, 7) is 2.05. The molecule has 35 heavy (non-hydrogen) atoms. The number of piperidine rings is 1. The summed E-state index contributed by atoms with van der Waals surface area (Å²) in [6, 6.07) is 12.2. The van der Waals surface area contributed by atoms with E-state index in [-0.39, 0.29) is 29.2 Å². The van der Waals surface area contributed by atoms with Crippen molar-refractivity contribution in [1.82, 2.24) is 15.1 Å². The Balaban J connectivity index is 1.43. The van der Waals surface area contributed by atoms with Crippen LogP contribution in [-0.2, 0) is 11.0 Å². The zero-order valence-corrected chi connectivity index (χ0v) is 19.3. The molecule has 2 aromatic rings. The number of carbonyl (C=O) groups is 3. The molecule has 6 nitrogen and oxygen atoms in total. The number of nitrogens with one attached hydrogen (secondary N) is 1. The fourth-order valence-electron chi connectivity index (χ4n) is 4.75. The molecule has 1 N–H and O–H groups in total. The zero-order valence-electron chi connectivity index (χ0n) is 19.3. The summed E-state index contributed by atoms with van der Waals surface area (Å²) >= 11 is 0. The first-order valence-corrected chi connectivity index (χ1v) is 11.9. The molecule has 0 bridgehead atoms. The molecule has 9 heteroatoms. The average Bonchev–Trinajstić information content (AvgIpc) is 3.42. The molecule has 3 amide bonds. The van der Waals surface area contributed by atoms with Crippen LogP contribution in [0, 0.1) is 5.92 Å². The summed E-state index contributed by atoms with van der Waals surface area (Å²) in [4.78, 5) is 42.4. The molecule has 186 valence electrons. The van der Waals surface area contributed by atoms with Gasteiger partial charge in [0.25, 0.3) is 11.8 Å². The van der Waals surface area contributed by atoms with Gasteiger partial charge in [-0.05, 0) is 68.0 Å². The van der Waals surface area contributed by atoms with Gasteiger partial charge in [-0.3, -0.25) is 14.4 Å². The number of alkyl halides is 3. The lowest BCUT2D eigenvalue weighted by molar-refractivity contribution is -0.137. The van der Waals surface area contributed by atoms with Crippen molar-refractivity contribution in [3.63, 3.8) is 0 Å². The number of nitrogens with zero attached hydrogens (tertiary/aromatic N) is 2. The maximum Gasteiger partial charge on any atom is 0.416 e. The van der Waals surface area contributed by atoms with Crippen molar-refractivity contribution in [2.24, 2.45) is 5.92 Å². The van der Waals surface area contributed by atoms with Gasteiger partial charge in [0.15, 0.2) is 0 Å². The van der Waals surface area contributed by atoms with E-state index >= 15 is 0 Å². The summed E-state index contributed by atoms with van der Waals surface area (Å²) in [6.07, 6.45) is -1.57. The smallest absolute Gasteiger partial charge is 0.341 e. The molecule has 2 aliphatic heterocycles. The van der Waals surface area contributed by atoms with Crippen LogP contribution in [0.15, 0.2) is 54.6 Å². The first kappa shape index (κ1) is 24.8. The quantitative estimate of drug-likeness (QED) is 0.694. The first-order chi connectivity index (χ1) is 16.7. The molecule has 0 saturated carbocycles. The van der Waals surface area contributed by atoms with Gasteiger partial charge in [0, 0.05) is 37.3 Å². The van der Waals surface area contributed by atoms with Gasteiger partial charge >= 0.3 is 6.18 Å². The molecule has 1 atom stereocenters. The van der Waals surface area contributed by atoms with E-state index in [1.54, 1.807) is 34.1 Å². The standard InChI is InChI=1S/C26H28F3N3O3/c27-26(28,29)21-10-8-20(9-11-21)24(34)32-16-12-18(13-17-32)22(25(35)31-14-4-5-15-31)30-23(33)19-6-2-1-3-7-19/h1-3,6-11,18,22H,4-5,12-17H2,(H,30,33). The molecule has 0 aromatic heterocycles. The number of hydrogen-bond donors (Lipinski definition) is 1. The van der Waals surface area contributed by atoms with Crippen molar-refractivity contribution in [3.05, 3.63) is 71.3 Å². The van der Waals surface area contributed by atoms with Gasteiger partial charge in [-0.15, -0.1) is 0 Å². The summed E-state index contributed by atoms with van der Waals surface area (Å²) in [7, 11) is 0. The Morgan fingerprint density at radius 3 is 1.97 bits per heavy atom. The Labute approximate surface area is 202 Å². The van der Waals surface area contributed by atoms with E-state index in [1.807, 2.05) is 6.07 Å². The van der Waals surface area contributed by atoms with Crippen molar-refractivity contribution < 1.29 is 27.6 Å². The van der Waals surface area contributed by atoms with E-state index in [4.69, 9.17) is 0 Å². The number of amides is 3. The molecule has 2 saturated heterocycles. The summed E-state index contributed by atoms with van der Waals surface area (Å²) in [5, 5.41) is 2.94. The molecular weight excluding hydrogens is 459 g/mol. The second-order valence-corrected chi connectivity index (χ2v) is 9.05. The van der Waals surface area contributed by atoms with E-state index in [1.165, 1.54) is 12.1 Å². The Morgan fingerprint density at radius 2 is 1.40 bits per heavy atom. The van der Waals surface area contributed by atoms with Gasteiger partial charge in [0.05, 0.1) is 5.56 Å². The highest BCUT2D eigenvalue weighted by molar-refractivity contribution is 5.97. The van der Waals surface area contributed by atoms with Crippen molar-refractivity contribution in [1.29, 1.82) is 0 Å². The molecular formula is C26H28F3N3O3.